The van der Waals surface area contributed by atoms with E-state index in [0.717, 1.165) is 17.0 Å². The quantitative estimate of drug-likeness (QED) is 0.524. The lowest BCUT2D eigenvalue weighted by Crippen LogP contribution is -2.34. The predicted molar refractivity (Wildman–Crippen MR) is 115 cm³/mol. The van der Waals surface area contributed by atoms with Gasteiger partial charge in [-0.15, -0.1) is 0 Å². The van der Waals surface area contributed by atoms with Crippen molar-refractivity contribution in [1.29, 1.82) is 0 Å². The fourth-order valence-electron chi connectivity index (χ4n) is 2.72. The number of nitrogens with zero attached hydrogens (tertiary/aromatic N) is 1. The lowest BCUT2D eigenvalue weighted by Gasteiger charge is -2.26. The molecule has 0 saturated heterocycles. The predicted octanol–water partition coefficient (Wildman–Crippen LogP) is 5.35. The molecule has 0 saturated carbocycles. The molecule has 0 radical (unpaired) electrons. The number of furan rings is 1. The summed E-state index contributed by atoms with van der Waals surface area (Å²) in [6.07, 6.45) is 1.64. The first-order valence-electron chi connectivity index (χ1n) is 8.64. The number of halogens is 1. The molecule has 0 aliphatic heterocycles. The number of nitrogens with one attached hydrogen (secondary N) is 1. The van der Waals surface area contributed by atoms with Crippen molar-refractivity contribution in [2.75, 3.05) is 19.5 Å². The molecule has 0 unspecified atom stereocenters. The van der Waals surface area contributed by atoms with Gasteiger partial charge >= 0.3 is 0 Å². The first kappa shape index (κ1) is 20.0. The van der Waals surface area contributed by atoms with Crippen LogP contribution in [-0.2, 0) is 13.1 Å². The van der Waals surface area contributed by atoms with Gasteiger partial charge in [0.1, 0.15) is 17.3 Å². The van der Waals surface area contributed by atoms with Crippen molar-refractivity contribution < 1.29 is 13.9 Å². The second-order valence-corrected chi connectivity index (χ2v) is 6.82. The average Bonchev–Trinajstić information content (AvgIpc) is 3.22. The van der Waals surface area contributed by atoms with Crippen molar-refractivity contribution in [1.82, 2.24) is 4.90 Å². The highest BCUT2D eigenvalue weighted by atomic mass is 35.5. The SMILES string of the molecule is COc1ccc(NC(=S)N(Cc2ccco2)Cc2ccccc2Cl)c(OC)c1. The Kier molecular flexibility index (Phi) is 6.79. The highest BCUT2D eigenvalue weighted by Gasteiger charge is 2.16. The highest BCUT2D eigenvalue weighted by molar-refractivity contribution is 7.80. The molecular formula is C21H21ClN2O3S. The summed E-state index contributed by atoms with van der Waals surface area (Å²) in [4.78, 5) is 1.99. The maximum absolute atomic E-state index is 6.35. The van der Waals surface area contributed by atoms with Crippen molar-refractivity contribution in [3.63, 3.8) is 0 Å². The van der Waals surface area contributed by atoms with Crippen molar-refractivity contribution in [2.24, 2.45) is 0 Å². The molecule has 28 heavy (non-hydrogen) atoms. The lowest BCUT2D eigenvalue weighted by atomic mass is 10.2. The molecule has 146 valence electrons. The Morgan fingerprint density at radius 1 is 1.07 bits per heavy atom. The topological polar surface area (TPSA) is 46.9 Å². The zero-order valence-corrected chi connectivity index (χ0v) is 17.2. The number of benzene rings is 2. The number of hydrogen-bond donors (Lipinski definition) is 1. The smallest absolute Gasteiger partial charge is 0.174 e. The van der Waals surface area contributed by atoms with E-state index < -0.39 is 0 Å². The molecule has 0 aliphatic rings. The van der Waals surface area contributed by atoms with Gasteiger partial charge in [-0.2, -0.15) is 0 Å². The number of methoxy groups -OCH3 is 2. The summed E-state index contributed by atoms with van der Waals surface area (Å²) in [7, 11) is 3.22. The summed E-state index contributed by atoms with van der Waals surface area (Å²) in [6.45, 7) is 1.03. The van der Waals surface area contributed by atoms with Gasteiger partial charge in [0.05, 0.1) is 32.7 Å². The largest absolute Gasteiger partial charge is 0.497 e. The Morgan fingerprint density at radius 3 is 2.57 bits per heavy atom. The fraction of sp³-hybridized carbons (Fsp3) is 0.190. The third-order valence-corrected chi connectivity index (χ3v) is 4.91. The fourth-order valence-corrected chi connectivity index (χ4v) is 3.15. The van der Waals surface area contributed by atoms with E-state index in [-0.39, 0.29) is 0 Å². The number of ether oxygens (including phenoxy) is 2. The van der Waals surface area contributed by atoms with Crippen molar-refractivity contribution in [3.8, 4) is 11.5 Å². The van der Waals surface area contributed by atoms with E-state index in [0.29, 0.717) is 34.7 Å². The molecule has 0 fully saturated rings. The minimum Gasteiger partial charge on any atom is -0.497 e. The maximum atomic E-state index is 6.35. The van der Waals surface area contributed by atoms with Crippen LogP contribution in [0.4, 0.5) is 5.69 Å². The Morgan fingerprint density at radius 2 is 1.89 bits per heavy atom. The minimum absolute atomic E-state index is 0.503. The van der Waals surface area contributed by atoms with Crippen LogP contribution < -0.4 is 14.8 Å². The van der Waals surface area contributed by atoms with Gasteiger partial charge in [0.2, 0.25) is 0 Å². The van der Waals surface area contributed by atoms with E-state index >= 15 is 0 Å². The van der Waals surface area contributed by atoms with Crippen LogP contribution in [0.5, 0.6) is 11.5 Å². The third-order valence-electron chi connectivity index (χ3n) is 4.18. The van der Waals surface area contributed by atoms with Crippen LogP contribution in [0.2, 0.25) is 5.02 Å². The van der Waals surface area contributed by atoms with Gasteiger partial charge in [0, 0.05) is 17.6 Å². The molecule has 1 aromatic heterocycles. The Balaban J connectivity index is 1.83. The normalized spacial score (nSPS) is 10.4. The molecule has 5 nitrogen and oxygen atoms in total. The number of rotatable bonds is 7. The number of hydrogen-bond acceptors (Lipinski definition) is 4. The van der Waals surface area contributed by atoms with Crippen molar-refractivity contribution in [2.45, 2.75) is 13.1 Å². The maximum Gasteiger partial charge on any atom is 0.174 e. The first-order valence-corrected chi connectivity index (χ1v) is 9.43. The van der Waals surface area contributed by atoms with Crippen LogP contribution in [0.15, 0.2) is 65.3 Å². The Hall–Kier alpha value is -2.70. The molecular weight excluding hydrogens is 396 g/mol. The minimum atomic E-state index is 0.503. The van der Waals surface area contributed by atoms with Crippen LogP contribution in [0.1, 0.15) is 11.3 Å². The monoisotopic (exact) mass is 416 g/mol. The van der Waals surface area contributed by atoms with Crippen molar-refractivity contribution in [3.05, 3.63) is 77.2 Å². The van der Waals surface area contributed by atoms with E-state index in [9.17, 15) is 0 Å². The molecule has 0 aliphatic carbocycles. The van der Waals surface area contributed by atoms with E-state index in [1.807, 2.05) is 53.4 Å². The number of anilines is 1. The molecule has 3 rings (SSSR count). The van der Waals surface area contributed by atoms with E-state index in [4.69, 9.17) is 37.7 Å². The van der Waals surface area contributed by atoms with E-state index in [1.165, 1.54) is 0 Å². The summed E-state index contributed by atoms with van der Waals surface area (Å²) in [5.41, 5.74) is 1.72. The summed E-state index contributed by atoms with van der Waals surface area (Å²) in [5, 5.41) is 4.48. The summed E-state index contributed by atoms with van der Waals surface area (Å²) in [5.74, 6) is 2.15. The Labute approximate surface area is 174 Å². The zero-order chi connectivity index (χ0) is 19.9. The highest BCUT2D eigenvalue weighted by Crippen LogP contribution is 2.29. The van der Waals surface area contributed by atoms with Crippen LogP contribution in [0.25, 0.3) is 0 Å². The van der Waals surface area contributed by atoms with Crippen LogP contribution in [0.3, 0.4) is 0 Å². The molecule has 0 amide bonds. The van der Waals surface area contributed by atoms with Crippen LogP contribution >= 0.6 is 23.8 Å². The summed E-state index contributed by atoms with van der Waals surface area (Å²) < 4.78 is 16.2. The van der Waals surface area contributed by atoms with E-state index in [2.05, 4.69) is 5.32 Å². The van der Waals surface area contributed by atoms with Gasteiger partial charge < -0.3 is 24.1 Å². The van der Waals surface area contributed by atoms with E-state index in [1.54, 1.807) is 26.5 Å². The second kappa shape index (κ2) is 9.48. The second-order valence-electron chi connectivity index (χ2n) is 6.02. The van der Waals surface area contributed by atoms with Gasteiger partial charge in [-0.25, -0.2) is 0 Å². The molecule has 1 N–H and O–H groups in total. The number of thiocarbonyl (C=S) groups is 1. The lowest BCUT2D eigenvalue weighted by molar-refractivity contribution is 0.360. The standard InChI is InChI=1S/C21H21ClN2O3S/c1-25-16-9-10-19(20(12-16)26-2)23-21(28)24(14-17-7-5-11-27-17)13-15-6-3-4-8-18(15)22/h3-12H,13-14H2,1-2H3,(H,23,28). The van der Waals surface area contributed by atoms with Gasteiger partial charge in [0.15, 0.2) is 5.11 Å². The first-order chi connectivity index (χ1) is 13.6. The molecule has 0 spiro atoms. The average molecular weight is 417 g/mol. The molecule has 7 heteroatoms. The molecule has 2 aromatic carbocycles. The Bertz CT molecular complexity index is 931. The van der Waals surface area contributed by atoms with Gasteiger partial charge in [-0.1, -0.05) is 29.8 Å². The molecule has 1 heterocycles. The summed E-state index contributed by atoms with van der Waals surface area (Å²) in [6, 6.07) is 17.0. The van der Waals surface area contributed by atoms with Crippen LogP contribution in [-0.4, -0.2) is 24.2 Å². The molecule has 0 atom stereocenters. The van der Waals surface area contributed by atoms with Crippen LogP contribution in [0, 0.1) is 0 Å². The summed E-state index contributed by atoms with van der Waals surface area (Å²) >= 11 is 12.0. The molecule has 3 aromatic rings. The molecule has 0 bridgehead atoms. The zero-order valence-electron chi connectivity index (χ0n) is 15.6. The van der Waals surface area contributed by atoms with Crippen molar-refractivity contribution >= 4 is 34.6 Å². The van der Waals surface area contributed by atoms with Gasteiger partial charge in [0.25, 0.3) is 0 Å². The third kappa shape index (κ3) is 4.97. The van der Waals surface area contributed by atoms with Gasteiger partial charge in [-0.3, -0.25) is 0 Å². The van der Waals surface area contributed by atoms with Gasteiger partial charge in [-0.05, 0) is 48.1 Å².